The van der Waals surface area contributed by atoms with Crippen LogP contribution in [0, 0.1) is 0 Å². The summed E-state index contributed by atoms with van der Waals surface area (Å²) >= 11 is -0.536. The van der Waals surface area contributed by atoms with Gasteiger partial charge in [0.1, 0.15) is 11.9 Å². The van der Waals surface area contributed by atoms with Gasteiger partial charge in [-0.05, 0) is 23.9 Å². The van der Waals surface area contributed by atoms with Crippen molar-refractivity contribution in [3.8, 4) is 11.5 Å². The summed E-state index contributed by atoms with van der Waals surface area (Å²) < 4.78 is 72.5. The summed E-state index contributed by atoms with van der Waals surface area (Å²) in [5, 5.41) is 13.6. The lowest BCUT2D eigenvalue weighted by molar-refractivity contribution is -0.0977. The molecule has 0 aliphatic heterocycles. The Morgan fingerprint density at radius 2 is 2.08 bits per heavy atom. The molecule has 4 nitrogen and oxygen atoms in total. The van der Waals surface area contributed by atoms with Crippen LogP contribution in [-0.2, 0) is 13.5 Å². The van der Waals surface area contributed by atoms with Crippen LogP contribution in [0.2, 0.25) is 0 Å². The number of aryl methyl sites for hydroxylation is 1. The zero-order valence-corrected chi connectivity index (χ0v) is 13.0. The molecule has 1 heterocycles. The highest BCUT2D eigenvalue weighted by Crippen LogP contribution is 2.52. The Hall–Kier alpha value is -1.81. The van der Waals surface area contributed by atoms with Crippen LogP contribution < -0.4 is 4.74 Å². The summed E-state index contributed by atoms with van der Waals surface area (Å²) in [6, 6.07) is 2.21. The second kappa shape index (κ2) is 5.62. The Bertz CT molecular complexity index is 775. The van der Waals surface area contributed by atoms with E-state index in [9.17, 15) is 27.1 Å². The van der Waals surface area contributed by atoms with E-state index in [1.807, 2.05) is 0 Å². The second-order valence-corrected chi connectivity index (χ2v) is 6.40. The van der Waals surface area contributed by atoms with Crippen LogP contribution in [0.3, 0.4) is 0 Å². The quantitative estimate of drug-likeness (QED) is 0.658. The SMILES string of the molecule is Cn1cc(Oc2ccc(SC(F)(F)F)c3c2CC(F)(F)C3O)cn1. The van der Waals surface area contributed by atoms with Crippen LogP contribution in [0.5, 0.6) is 11.5 Å². The van der Waals surface area contributed by atoms with Crippen molar-refractivity contribution < 1.29 is 31.8 Å². The molecule has 1 aliphatic carbocycles. The van der Waals surface area contributed by atoms with Gasteiger partial charge in [-0.1, -0.05) is 0 Å². The van der Waals surface area contributed by atoms with Crippen molar-refractivity contribution in [2.45, 2.75) is 28.9 Å². The van der Waals surface area contributed by atoms with Crippen LogP contribution in [0.15, 0.2) is 29.4 Å². The zero-order chi connectivity index (χ0) is 17.7. The maximum atomic E-state index is 13.9. The number of thioether (sulfide) groups is 1. The van der Waals surface area contributed by atoms with Gasteiger partial charge in [0.25, 0.3) is 5.92 Å². The van der Waals surface area contributed by atoms with E-state index < -0.39 is 46.2 Å². The first-order chi connectivity index (χ1) is 11.1. The first-order valence-corrected chi connectivity index (χ1v) is 7.52. The highest BCUT2D eigenvalue weighted by atomic mass is 32.2. The minimum absolute atomic E-state index is 0.0271. The number of rotatable bonds is 3. The van der Waals surface area contributed by atoms with Crippen LogP contribution in [0.1, 0.15) is 17.2 Å². The minimum Gasteiger partial charge on any atom is -0.454 e. The van der Waals surface area contributed by atoms with E-state index in [1.54, 1.807) is 7.05 Å². The summed E-state index contributed by atoms with van der Waals surface area (Å²) in [4.78, 5) is -0.458. The number of ether oxygens (including phenoxy) is 1. The number of nitrogens with zero attached hydrogens (tertiary/aromatic N) is 2. The van der Waals surface area contributed by atoms with E-state index in [2.05, 4.69) is 5.10 Å². The predicted octanol–water partition coefficient (Wildman–Crippen LogP) is 4.05. The predicted molar refractivity (Wildman–Crippen MR) is 75.2 cm³/mol. The average molecular weight is 366 g/mol. The highest BCUT2D eigenvalue weighted by Gasteiger charge is 2.50. The number of aliphatic hydroxyl groups excluding tert-OH is 1. The van der Waals surface area contributed by atoms with E-state index in [4.69, 9.17) is 4.74 Å². The number of alkyl halides is 5. The third kappa shape index (κ3) is 3.20. The summed E-state index contributed by atoms with van der Waals surface area (Å²) in [5.41, 5.74) is -5.23. The lowest BCUT2D eigenvalue weighted by Gasteiger charge is -2.16. The topological polar surface area (TPSA) is 47.3 Å². The molecule has 1 atom stereocenters. The Morgan fingerprint density at radius 1 is 1.38 bits per heavy atom. The van der Waals surface area contributed by atoms with Crippen molar-refractivity contribution in [1.29, 1.82) is 0 Å². The lowest BCUT2D eigenvalue weighted by atomic mass is 10.1. The molecule has 0 fully saturated rings. The molecule has 1 unspecified atom stereocenters. The number of benzene rings is 1. The van der Waals surface area contributed by atoms with Crippen molar-refractivity contribution >= 4 is 11.8 Å². The largest absolute Gasteiger partial charge is 0.454 e. The third-order valence-corrected chi connectivity index (χ3v) is 4.30. The van der Waals surface area contributed by atoms with Gasteiger partial charge in [-0.3, -0.25) is 4.68 Å². The summed E-state index contributed by atoms with van der Waals surface area (Å²) in [5.74, 6) is -3.33. The first-order valence-electron chi connectivity index (χ1n) is 6.71. The number of hydrogen-bond donors (Lipinski definition) is 1. The second-order valence-electron chi connectivity index (χ2n) is 5.29. The fourth-order valence-corrected chi connectivity index (χ4v) is 3.27. The molecule has 3 rings (SSSR count). The molecule has 0 saturated carbocycles. The van der Waals surface area contributed by atoms with Gasteiger partial charge < -0.3 is 9.84 Å². The molecular formula is C14H11F5N2O2S. The summed E-state index contributed by atoms with van der Waals surface area (Å²) in [7, 11) is 1.62. The fraction of sp³-hybridized carbons (Fsp3) is 0.357. The summed E-state index contributed by atoms with van der Waals surface area (Å²) in [6.45, 7) is 0. The van der Waals surface area contributed by atoms with Gasteiger partial charge in [0.05, 0.1) is 12.4 Å². The number of fused-ring (bicyclic) bond motifs is 1. The van der Waals surface area contributed by atoms with Gasteiger partial charge in [0.2, 0.25) is 0 Å². The maximum absolute atomic E-state index is 13.9. The maximum Gasteiger partial charge on any atom is 0.446 e. The van der Waals surface area contributed by atoms with E-state index in [1.165, 1.54) is 23.1 Å². The van der Waals surface area contributed by atoms with Crippen LogP contribution in [-0.4, -0.2) is 26.3 Å². The van der Waals surface area contributed by atoms with Crippen molar-refractivity contribution in [3.05, 3.63) is 35.7 Å². The third-order valence-electron chi connectivity index (χ3n) is 3.49. The first kappa shape index (κ1) is 17.0. The Kier molecular flexibility index (Phi) is 3.99. The lowest BCUT2D eigenvalue weighted by Crippen LogP contribution is -2.21. The van der Waals surface area contributed by atoms with Crippen molar-refractivity contribution in [3.63, 3.8) is 0 Å². The Labute approximate surface area is 137 Å². The fourth-order valence-electron chi connectivity index (χ4n) is 2.54. The molecule has 2 aromatic rings. The van der Waals surface area contributed by atoms with Crippen LogP contribution >= 0.6 is 11.8 Å². The molecule has 1 aliphatic rings. The van der Waals surface area contributed by atoms with E-state index in [0.29, 0.717) is 0 Å². The standard InChI is InChI=1S/C14H11F5N2O2S/c1-21-6-7(5-20-21)23-9-2-3-10(24-14(17,18)19)11-8(9)4-13(15,16)12(11)22/h2-3,5-6,12,22H,4H2,1H3. The molecule has 0 bridgehead atoms. The average Bonchev–Trinajstić information content (AvgIpc) is 2.94. The van der Waals surface area contributed by atoms with E-state index in [0.717, 1.165) is 6.07 Å². The van der Waals surface area contributed by atoms with E-state index in [-0.39, 0.29) is 17.1 Å². The summed E-state index contributed by atoms with van der Waals surface area (Å²) in [6.07, 6.45) is -0.386. The Balaban J connectivity index is 2.04. The smallest absolute Gasteiger partial charge is 0.446 e. The molecule has 10 heteroatoms. The van der Waals surface area contributed by atoms with Crippen LogP contribution in [0.4, 0.5) is 22.0 Å². The molecule has 130 valence electrons. The molecule has 0 amide bonds. The molecular weight excluding hydrogens is 355 g/mol. The monoisotopic (exact) mass is 366 g/mol. The van der Waals surface area contributed by atoms with Gasteiger partial charge in [-0.25, -0.2) is 8.78 Å². The molecule has 1 N–H and O–H groups in total. The molecule has 1 aromatic heterocycles. The van der Waals surface area contributed by atoms with Crippen LogP contribution in [0.25, 0.3) is 0 Å². The normalized spacial score (nSPS) is 19.4. The van der Waals surface area contributed by atoms with E-state index >= 15 is 0 Å². The number of hydrogen-bond acceptors (Lipinski definition) is 4. The van der Waals surface area contributed by atoms with Gasteiger partial charge in [-0.2, -0.15) is 18.3 Å². The molecule has 0 saturated heterocycles. The van der Waals surface area contributed by atoms with Crippen molar-refractivity contribution in [2.24, 2.45) is 7.05 Å². The molecule has 24 heavy (non-hydrogen) atoms. The van der Waals surface area contributed by atoms with Gasteiger partial charge in [-0.15, -0.1) is 0 Å². The number of halogens is 5. The van der Waals surface area contributed by atoms with Crippen molar-refractivity contribution in [1.82, 2.24) is 9.78 Å². The van der Waals surface area contributed by atoms with Gasteiger partial charge in [0, 0.05) is 29.5 Å². The number of aromatic nitrogens is 2. The number of aliphatic hydroxyl groups is 1. The molecule has 0 spiro atoms. The van der Waals surface area contributed by atoms with Gasteiger partial charge in [0.15, 0.2) is 5.75 Å². The molecule has 0 radical (unpaired) electrons. The minimum atomic E-state index is -4.66. The van der Waals surface area contributed by atoms with Gasteiger partial charge >= 0.3 is 5.51 Å². The zero-order valence-electron chi connectivity index (χ0n) is 12.1. The highest BCUT2D eigenvalue weighted by molar-refractivity contribution is 8.00. The van der Waals surface area contributed by atoms with Crippen molar-refractivity contribution in [2.75, 3.05) is 0 Å². The Morgan fingerprint density at radius 3 is 2.67 bits per heavy atom. The molecule has 1 aromatic carbocycles.